The van der Waals surface area contributed by atoms with E-state index < -0.39 is 5.91 Å². The van der Waals surface area contributed by atoms with E-state index in [-0.39, 0.29) is 11.7 Å². The van der Waals surface area contributed by atoms with Crippen LogP contribution in [0.3, 0.4) is 0 Å². The Morgan fingerprint density at radius 1 is 0.943 bits per heavy atom. The van der Waals surface area contributed by atoms with Crippen molar-refractivity contribution in [2.75, 3.05) is 27.3 Å². The minimum Gasteiger partial charge on any atom is -0.508 e. The van der Waals surface area contributed by atoms with Crippen molar-refractivity contribution >= 4 is 27.5 Å². The Morgan fingerprint density at radius 2 is 1.66 bits per heavy atom. The van der Waals surface area contributed by atoms with Gasteiger partial charge in [0, 0.05) is 17.7 Å². The molecule has 6 heteroatoms. The molecule has 0 spiro atoms. The molecule has 1 aliphatic rings. The molecule has 3 N–H and O–H groups in total. The highest BCUT2D eigenvalue weighted by atomic mass is 16.5. The molecule has 0 aliphatic carbocycles. The van der Waals surface area contributed by atoms with Gasteiger partial charge in [-0.2, -0.15) is 0 Å². The van der Waals surface area contributed by atoms with Crippen LogP contribution in [0.25, 0.3) is 21.5 Å². The lowest BCUT2D eigenvalue weighted by Gasteiger charge is -2.33. The molecule has 1 fully saturated rings. The number of hydrogen-bond acceptors (Lipinski definition) is 5. The van der Waals surface area contributed by atoms with E-state index in [1.165, 1.54) is 5.56 Å². The predicted octanol–water partition coefficient (Wildman–Crippen LogP) is 5.19. The lowest BCUT2D eigenvalue weighted by atomic mass is 9.83. The van der Waals surface area contributed by atoms with Gasteiger partial charge < -0.3 is 20.3 Å². The maximum absolute atomic E-state index is 12.4. The Labute approximate surface area is 204 Å². The summed E-state index contributed by atoms with van der Waals surface area (Å²) in [5.74, 6) is 1.19. The summed E-state index contributed by atoms with van der Waals surface area (Å²) in [5.41, 5.74) is 8.57. The molecule has 0 aromatic heterocycles. The first kappa shape index (κ1) is 23.0. The number of phenols is 1. The number of amides is 1. The molecule has 180 valence electrons. The Hall–Kier alpha value is -3.77. The topological polar surface area (TPSA) is 85.0 Å². The summed E-state index contributed by atoms with van der Waals surface area (Å²) >= 11 is 0. The van der Waals surface area contributed by atoms with Gasteiger partial charge in [-0.25, -0.2) is 0 Å². The predicted molar refractivity (Wildman–Crippen MR) is 138 cm³/mol. The number of rotatable bonds is 6. The molecule has 1 heterocycles. The van der Waals surface area contributed by atoms with Crippen LogP contribution in [0.1, 0.15) is 40.2 Å². The number of phenolic OH excluding ortho intramolecular Hbond substituents is 1. The Kier molecular flexibility index (Phi) is 6.22. The molecule has 0 saturated carbocycles. The number of fused-ring (bicyclic) bond motifs is 3. The van der Waals surface area contributed by atoms with Crippen molar-refractivity contribution in [3.8, 4) is 17.2 Å². The lowest BCUT2D eigenvalue weighted by molar-refractivity contribution is 0.100. The number of nitrogens with two attached hydrogens (primary N) is 1. The smallest absolute Gasteiger partial charge is 0.249 e. The second-order valence-electron chi connectivity index (χ2n) is 9.18. The van der Waals surface area contributed by atoms with Gasteiger partial charge in [0.1, 0.15) is 5.75 Å². The van der Waals surface area contributed by atoms with Crippen LogP contribution in [-0.2, 0) is 6.54 Å². The van der Waals surface area contributed by atoms with E-state index in [0.29, 0.717) is 22.4 Å². The van der Waals surface area contributed by atoms with Crippen molar-refractivity contribution in [2.45, 2.75) is 25.3 Å². The molecule has 0 bridgehead atoms. The summed E-state index contributed by atoms with van der Waals surface area (Å²) in [5, 5.41) is 13.5. The normalized spacial score (nSPS) is 14.9. The van der Waals surface area contributed by atoms with Crippen molar-refractivity contribution in [1.29, 1.82) is 0 Å². The number of aromatic hydroxyl groups is 1. The Morgan fingerprint density at radius 3 is 2.31 bits per heavy atom. The zero-order valence-electron chi connectivity index (χ0n) is 20.1. The number of primary amides is 1. The van der Waals surface area contributed by atoms with Crippen LogP contribution >= 0.6 is 0 Å². The number of ether oxygens (including phenoxy) is 2. The van der Waals surface area contributed by atoms with Crippen LogP contribution < -0.4 is 15.2 Å². The first-order chi connectivity index (χ1) is 17.0. The second-order valence-corrected chi connectivity index (χ2v) is 9.18. The first-order valence-corrected chi connectivity index (χ1v) is 11.9. The highest BCUT2D eigenvalue weighted by Gasteiger charge is 2.28. The minimum absolute atomic E-state index is 0.131. The van der Waals surface area contributed by atoms with Crippen LogP contribution in [0, 0.1) is 0 Å². The fraction of sp³-hybridized carbons (Fsp3) is 0.276. The Balaban J connectivity index is 1.62. The largest absolute Gasteiger partial charge is 0.508 e. The third-order valence-corrected chi connectivity index (χ3v) is 7.13. The van der Waals surface area contributed by atoms with Crippen molar-refractivity contribution in [3.05, 3.63) is 77.4 Å². The van der Waals surface area contributed by atoms with Gasteiger partial charge in [-0.05, 0) is 89.3 Å². The zero-order valence-corrected chi connectivity index (χ0v) is 20.1. The molecule has 1 saturated heterocycles. The molecule has 0 atom stereocenters. The van der Waals surface area contributed by atoms with Crippen LogP contribution in [0.5, 0.6) is 17.2 Å². The van der Waals surface area contributed by atoms with E-state index in [1.54, 1.807) is 32.4 Å². The molecule has 0 unspecified atom stereocenters. The van der Waals surface area contributed by atoms with Gasteiger partial charge in [-0.1, -0.05) is 30.3 Å². The van der Waals surface area contributed by atoms with Crippen molar-refractivity contribution in [1.82, 2.24) is 4.90 Å². The number of carbonyl (C=O) groups is 1. The quantitative estimate of drug-likeness (QED) is 0.379. The number of carbonyl (C=O) groups excluding carboxylic acids is 1. The SMILES string of the molecule is COc1cc2c(cc(C(N)=O)c3ccc(O)cc32)c(C2CCN(Cc3ccccc3)CC2)c1OC. The summed E-state index contributed by atoms with van der Waals surface area (Å²) in [6.07, 6.45) is 1.91. The number of methoxy groups -OCH3 is 2. The zero-order chi connectivity index (χ0) is 24.5. The average molecular weight is 471 g/mol. The third-order valence-electron chi connectivity index (χ3n) is 7.13. The van der Waals surface area contributed by atoms with Crippen molar-refractivity contribution < 1.29 is 19.4 Å². The molecule has 4 aromatic carbocycles. The fourth-order valence-corrected chi connectivity index (χ4v) is 5.46. The lowest BCUT2D eigenvalue weighted by Crippen LogP contribution is -2.32. The molecule has 1 amide bonds. The first-order valence-electron chi connectivity index (χ1n) is 11.9. The minimum atomic E-state index is -0.499. The van der Waals surface area contributed by atoms with Gasteiger partial charge in [-0.3, -0.25) is 9.69 Å². The van der Waals surface area contributed by atoms with E-state index in [0.717, 1.165) is 54.2 Å². The number of benzene rings is 4. The van der Waals surface area contributed by atoms with E-state index in [9.17, 15) is 9.90 Å². The van der Waals surface area contributed by atoms with E-state index >= 15 is 0 Å². The number of nitrogens with zero attached hydrogens (tertiary/aromatic N) is 1. The molecular weight excluding hydrogens is 440 g/mol. The molecule has 5 rings (SSSR count). The monoisotopic (exact) mass is 470 g/mol. The summed E-state index contributed by atoms with van der Waals surface area (Å²) in [6, 6.07) is 19.3. The summed E-state index contributed by atoms with van der Waals surface area (Å²) < 4.78 is 11.6. The molecular formula is C29H30N2O4. The van der Waals surface area contributed by atoms with Gasteiger partial charge in [0.15, 0.2) is 11.5 Å². The highest BCUT2D eigenvalue weighted by Crippen LogP contribution is 2.47. The average Bonchev–Trinajstić information content (AvgIpc) is 2.88. The van der Waals surface area contributed by atoms with Gasteiger partial charge in [0.05, 0.1) is 14.2 Å². The van der Waals surface area contributed by atoms with Gasteiger partial charge >= 0.3 is 0 Å². The molecule has 6 nitrogen and oxygen atoms in total. The van der Waals surface area contributed by atoms with Crippen LogP contribution in [-0.4, -0.2) is 43.2 Å². The summed E-state index contributed by atoms with van der Waals surface area (Å²) in [7, 11) is 3.28. The maximum atomic E-state index is 12.4. The van der Waals surface area contributed by atoms with Crippen LogP contribution in [0.2, 0.25) is 0 Å². The van der Waals surface area contributed by atoms with Crippen LogP contribution in [0.4, 0.5) is 0 Å². The molecule has 1 aliphatic heterocycles. The second kappa shape index (κ2) is 9.47. The highest BCUT2D eigenvalue weighted by molar-refractivity contribution is 6.18. The number of piperidine rings is 1. The number of hydrogen-bond donors (Lipinski definition) is 2. The molecule has 4 aromatic rings. The van der Waals surface area contributed by atoms with E-state index in [1.807, 2.05) is 18.2 Å². The van der Waals surface area contributed by atoms with Crippen molar-refractivity contribution in [3.63, 3.8) is 0 Å². The van der Waals surface area contributed by atoms with Gasteiger partial charge in [0.2, 0.25) is 5.91 Å². The maximum Gasteiger partial charge on any atom is 0.249 e. The number of likely N-dealkylation sites (tertiary alicyclic amines) is 1. The third kappa shape index (κ3) is 4.26. The molecule has 0 radical (unpaired) electrons. The van der Waals surface area contributed by atoms with E-state index in [2.05, 4.69) is 29.2 Å². The van der Waals surface area contributed by atoms with Crippen LogP contribution in [0.15, 0.2) is 60.7 Å². The van der Waals surface area contributed by atoms with E-state index in [4.69, 9.17) is 15.2 Å². The van der Waals surface area contributed by atoms with Gasteiger partial charge in [0.25, 0.3) is 0 Å². The summed E-state index contributed by atoms with van der Waals surface area (Å²) in [6.45, 7) is 2.84. The standard InChI is InChI=1S/C29H30N2O4/c1-34-26-16-23-22-14-20(32)8-9-21(22)25(29(30)33)15-24(23)27(28(26)35-2)19-10-12-31(13-11-19)17-18-6-4-3-5-7-18/h3-9,14-16,19,32H,10-13,17H2,1-2H3,(H2,30,33). The van der Waals surface area contributed by atoms with Gasteiger partial charge in [-0.15, -0.1) is 0 Å². The van der Waals surface area contributed by atoms with Crippen molar-refractivity contribution in [2.24, 2.45) is 5.73 Å². The summed E-state index contributed by atoms with van der Waals surface area (Å²) in [4.78, 5) is 14.9. The molecule has 35 heavy (non-hydrogen) atoms. The Bertz CT molecular complexity index is 1390. The fourth-order valence-electron chi connectivity index (χ4n) is 5.46.